The van der Waals surface area contributed by atoms with Crippen molar-refractivity contribution in [1.29, 1.82) is 0 Å². The highest BCUT2D eigenvalue weighted by Crippen LogP contribution is 2.34. The Balaban J connectivity index is 1.81. The van der Waals surface area contributed by atoms with E-state index in [0.29, 0.717) is 0 Å². The van der Waals surface area contributed by atoms with E-state index in [-0.39, 0.29) is 17.7 Å². The number of carbonyl (C=O) groups excluding carboxylic acids is 2. The molecule has 0 bridgehead atoms. The molecule has 1 atom stereocenters. The number of aliphatic imine (C=N–C) groups is 1. The van der Waals surface area contributed by atoms with Crippen molar-refractivity contribution in [2.24, 2.45) is 4.99 Å². The van der Waals surface area contributed by atoms with Gasteiger partial charge in [-0.1, -0.05) is 12.1 Å². The standard InChI is InChI=1S/C18H17N3O2/c1-11-4-3-5-16-17(11)15(18(23)21-16)10-19-13-6-8-14(9-7-13)20-12(2)22/h3-10,15H,1-2H3,(H,20,22)(H,21,23). The Morgan fingerprint density at radius 2 is 1.96 bits per heavy atom. The minimum absolute atomic E-state index is 0.0621. The number of benzene rings is 2. The van der Waals surface area contributed by atoms with E-state index >= 15 is 0 Å². The number of hydrogen-bond acceptors (Lipinski definition) is 3. The molecule has 2 aromatic rings. The fraction of sp³-hybridized carbons (Fsp3) is 0.167. The van der Waals surface area contributed by atoms with Gasteiger partial charge in [-0.05, 0) is 48.4 Å². The molecule has 1 unspecified atom stereocenters. The van der Waals surface area contributed by atoms with Crippen LogP contribution in [0.25, 0.3) is 0 Å². The molecule has 2 amide bonds. The highest BCUT2D eigenvalue weighted by molar-refractivity contribution is 6.13. The fourth-order valence-corrected chi connectivity index (χ4v) is 2.68. The summed E-state index contributed by atoms with van der Waals surface area (Å²) in [4.78, 5) is 27.5. The molecule has 2 N–H and O–H groups in total. The van der Waals surface area contributed by atoms with E-state index in [1.165, 1.54) is 6.92 Å². The third-order valence-electron chi connectivity index (χ3n) is 3.74. The van der Waals surface area contributed by atoms with Crippen LogP contribution in [0.1, 0.15) is 24.0 Å². The lowest BCUT2D eigenvalue weighted by molar-refractivity contribution is -0.116. The number of nitrogens with one attached hydrogen (secondary N) is 2. The Hall–Kier alpha value is -2.95. The first-order chi connectivity index (χ1) is 11.0. The molecule has 0 radical (unpaired) electrons. The second kappa shape index (κ2) is 6.04. The van der Waals surface area contributed by atoms with E-state index < -0.39 is 0 Å². The topological polar surface area (TPSA) is 70.6 Å². The SMILES string of the molecule is CC(=O)Nc1ccc(N=CC2C(=O)Nc3cccc(C)c32)cc1. The highest BCUT2D eigenvalue weighted by atomic mass is 16.2. The number of amides is 2. The van der Waals surface area contributed by atoms with Crippen LogP contribution in [0.5, 0.6) is 0 Å². The Kier molecular flexibility index (Phi) is 3.93. The van der Waals surface area contributed by atoms with E-state index in [4.69, 9.17) is 0 Å². The van der Waals surface area contributed by atoms with Gasteiger partial charge in [0.2, 0.25) is 11.8 Å². The summed E-state index contributed by atoms with van der Waals surface area (Å²) in [6.07, 6.45) is 1.67. The lowest BCUT2D eigenvalue weighted by Crippen LogP contribution is -2.13. The lowest BCUT2D eigenvalue weighted by atomic mass is 9.97. The Labute approximate surface area is 134 Å². The monoisotopic (exact) mass is 307 g/mol. The fourth-order valence-electron chi connectivity index (χ4n) is 2.68. The van der Waals surface area contributed by atoms with Gasteiger partial charge in [-0.15, -0.1) is 0 Å². The number of anilines is 2. The number of carbonyl (C=O) groups is 2. The molecule has 5 heteroatoms. The van der Waals surface area contributed by atoms with E-state index in [1.807, 2.05) is 25.1 Å². The average Bonchev–Trinajstić information content (AvgIpc) is 2.83. The van der Waals surface area contributed by atoms with Gasteiger partial charge in [0.15, 0.2) is 0 Å². The van der Waals surface area contributed by atoms with Crippen molar-refractivity contribution in [2.75, 3.05) is 10.6 Å². The molecule has 0 saturated heterocycles. The maximum Gasteiger partial charge on any atom is 0.237 e. The van der Waals surface area contributed by atoms with Gasteiger partial charge >= 0.3 is 0 Å². The van der Waals surface area contributed by atoms with E-state index in [0.717, 1.165) is 28.2 Å². The van der Waals surface area contributed by atoms with E-state index in [9.17, 15) is 9.59 Å². The van der Waals surface area contributed by atoms with Gasteiger partial charge in [-0.2, -0.15) is 0 Å². The van der Waals surface area contributed by atoms with Crippen molar-refractivity contribution < 1.29 is 9.59 Å². The summed E-state index contributed by atoms with van der Waals surface area (Å²) in [6, 6.07) is 13.0. The molecule has 3 rings (SSSR count). The van der Waals surface area contributed by atoms with Crippen molar-refractivity contribution in [2.45, 2.75) is 19.8 Å². The molecular weight excluding hydrogens is 290 g/mol. The number of rotatable bonds is 3. The van der Waals surface area contributed by atoms with Gasteiger partial charge in [0.25, 0.3) is 0 Å². The number of hydrogen-bond donors (Lipinski definition) is 2. The third kappa shape index (κ3) is 3.13. The zero-order chi connectivity index (χ0) is 16.4. The van der Waals surface area contributed by atoms with Gasteiger partial charge in [0.05, 0.1) is 5.69 Å². The lowest BCUT2D eigenvalue weighted by Gasteiger charge is -2.06. The van der Waals surface area contributed by atoms with Gasteiger partial charge < -0.3 is 10.6 Å². The molecule has 5 nitrogen and oxygen atoms in total. The second-order valence-corrected chi connectivity index (χ2v) is 5.51. The normalized spacial score (nSPS) is 16.3. The molecule has 0 saturated carbocycles. The molecule has 1 aliphatic heterocycles. The first kappa shape index (κ1) is 15.0. The predicted octanol–water partition coefficient (Wildman–Crippen LogP) is 3.39. The van der Waals surface area contributed by atoms with Crippen LogP contribution >= 0.6 is 0 Å². The van der Waals surface area contributed by atoms with Gasteiger partial charge in [0, 0.05) is 24.5 Å². The van der Waals surface area contributed by atoms with Gasteiger partial charge in [-0.3, -0.25) is 14.6 Å². The summed E-state index contributed by atoms with van der Waals surface area (Å²) < 4.78 is 0. The summed E-state index contributed by atoms with van der Waals surface area (Å²) in [5.41, 5.74) is 4.35. The van der Waals surface area contributed by atoms with Crippen LogP contribution in [0.2, 0.25) is 0 Å². The Morgan fingerprint density at radius 1 is 1.22 bits per heavy atom. The van der Waals surface area contributed by atoms with Crippen molar-refractivity contribution in [3.8, 4) is 0 Å². The van der Waals surface area contributed by atoms with Crippen LogP contribution in [0.4, 0.5) is 17.1 Å². The summed E-state index contributed by atoms with van der Waals surface area (Å²) in [5.74, 6) is -0.551. The van der Waals surface area contributed by atoms with Crippen LogP contribution in [0.3, 0.4) is 0 Å². The molecule has 0 fully saturated rings. The molecule has 23 heavy (non-hydrogen) atoms. The van der Waals surface area contributed by atoms with Crippen LogP contribution in [0.15, 0.2) is 47.5 Å². The number of aryl methyl sites for hydroxylation is 1. The number of nitrogens with zero attached hydrogens (tertiary/aromatic N) is 1. The summed E-state index contributed by atoms with van der Waals surface area (Å²) >= 11 is 0. The Bertz CT molecular complexity index is 794. The molecule has 0 aliphatic carbocycles. The quantitative estimate of drug-likeness (QED) is 0.853. The largest absolute Gasteiger partial charge is 0.326 e. The maximum absolute atomic E-state index is 12.1. The molecular formula is C18H17N3O2. The molecule has 2 aromatic carbocycles. The summed E-state index contributed by atoms with van der Waals surface area (Å²) in [7, 11) is 0. The van der Waals surface area contributed by atoms with Gasteiger partial charge in [0.1, 0.15) is 5.92 Å². The Morgan fingerprint density at radius 3 is 2.65 bits per heavy atom. The second-order valence-electron chi connectivity index (χ2n) is 5.51. The molecule has 116 valence electrons. The maximum atomic E-state index is 12.1. The van der Waals surface area contributed by atoms with E-state index in [2.05, 4.69) is 15.6 Å². The van der Waals surface area contributed by atoms with Crippen LogP contribution in [-0.4, -0.2) is 18.0 Å². The van der Waals surface area contributed by atoms with Crippen molar-refractivity contribution in [3.05, 3.63) is 53.6 Å². The minimum atomic E-state index is -0.374. The smallest absolute Gasteiger partial charge is 0.237 e. The zero-order valence-electron chi connectivity index (χ0n) is 13.0. The highest BCUT2D eigenvalue weighted by Gasteiger charge is 2.30. The van der Waals surface area contributed by atoms with Crippen LogP contribution in [-0.2, 0) is 9.59 Å². The first-order valence-electron chi connectivity index (χ1n) is 7.37. The minimum Gasteiger partial charge on any atom is -0.326 e. The van der Waals surface area contributed by atoms with E-state index in [1.54, 1.807) is 30.5 Å². The summed E-state index contributed by atoms with van der Waals surface area (Å²) in [5, 5.41) is 5.58. The number of fused-ring (bicyclic) bond motifs is 1. The van der Waals surface area contributed by atoms with Crippen molar-refractivity contribution in [1.82, 2.24) is 0 Å². The van der Waals surface area contributed by atoms with Crippen molar-refractivity contribution >= 4 is 35.1 Å². The third-order valence-corrected chi connectivity index (χ3v) is 3.74. The molecule has 0 aromatic heterocycles. The molecule has 0 spiro atoms. The van der Waals surface area contributed by atoms with Crippen molar-refractivity contribution in [3.63, 3.8) is 0 Å². The average molecular weight is 307 g/mol. The van der Waals surface area contributed by atoms with Crippen LogP contribution < -0.4 is 10.6 Å². The molecule has 1 heterocycles. The van der Waals surface area contributed by atoms with Gasteiger partial charge in [-0.25, -0.2) is 0 Å². The first-order valence-corrected chi connectivity index (χ1v) is 7.37. The van der Waals surface area contributed by atoms with Crippen LogP contribution in [0, 0.1) is 6.92 Å². The zero-order valence-corrected chi connectivity index (χ0v) is 13.0. The molecule has 1 aliphatic rings. The summed E-state index contributed by atoms with van der Waals surface area (Å²) in [6.45, 7) is 3.45. The predicted molar refractivity (Wildman–Crippen MR) is 91.4 cm³/mol.